The number of piperazine rings is 1. The molecular formula is C17H23Cl2N3O2. The first-order valence-corrected chi connectivity index (χ1v) is 9.12. The fraction of sp³-hybridized carbons (Fsp3) is 0.588. The minimum Gasteiger partial charge on any atom is -0.378 e. The molecule has 7 heteroatoms. The number of nitrogens with zero attached hydrogens (tertiary/aromatic N) is 3. The normalized spacial score (nSPS) is 20.3. The molecule has 0 aliphatic carbocycles. The Morgan fingerprint density at radius 1 is 0.958 bits per heavy atom. The van der Waals surface area contributed by atoms with Gasteiger partial charge >= 0.3 is 0 Å². The predicted molar refractivity (Wildman–Crippen MR) is 95.6 cm³/mol. The topological polar surface area (TPSA) is 36.0 Å². The third kappa shape index (κ3) is 4.61. The lowest BCUT2D eigenvalue weighted by atomic mass is 10.2. The van der Waals surface area contributed by atoms with E-state index >= 15 is 0 Å². The first-order valence-electron chi connectivity index (χ1n) is 8.36. The van der Waals surface area contributed by atoms with Gasteiger partial charge in [0.1, 0.15) is 0 Å². The second-order valence-electron chi connectivity index (χ2n) is 6.25. The van der Waals surface area contributed by atoms with Crippen LogP contribution in [0.2, 0.25) is 10.0 Å². The summed E-state index contributed by atoms with van der Waals surface area (Å²) in [6.45, 7) is 7.58. The van der Waals surface area contributed by atoms with Gasteiger partial charge in [-0.05, 0) is 12.1 Å². The van der Waals surface area contributed by atoms with Crippen LogP contribution in [0.25, 0.3) is 0 Å². The van der Waals surface area contributed by atoms with Gasteiger partial charge in [0.05, 0.1) is 19.8 Å². The smallest absolute Gasteiger partial charge is 0.236 e. The van der Waals surface area contributed by atoms with Crippen molar-refractivity contribution >= 4 is 29.1 Å². The van der Waals surface area contributed by atoms with Gasteiger partial charge < -0.3 is 9.64 Å². The summed E-state index contributed by atoms with van der Waals surface area (Å²) in [5.74, 6) is 0.209. The highest BCUT2D eigenvalue weighted by Crippen LogP contribution is 2.26. The van der Waals surface area contributed by atoms with Gasteiger partial charge in [0.25, 0.3) is 0 Å². The van der Waals surface area contributed by atoms with Gasteiger partial charge in [-0.25, -0.2) is 0 Å². The van der Waals surface area contributed by atoms with E-state index in [0.29, 0.717) is 42.9 Å². The van der Waals surface area contributed by atoms with Crippen molar-refractivity contribution in [3.63, 3.8) is 0 Å². The number of amides is 1. The van der Waals surface area contributed by atoms with E-state index in [1.807, 2.05) is 23.1 Å². The number of hydrogen-bond acceptors (Lipinski definition) is 4. The van der Waals surface area contributed by atoms with Crippen LogP contribution in [0.5, 0.6) is 0 Å². The van der Waals surface area contributed by atoms with E-state index in [9.17, 15) is 4.79 Å². The van der Waals surface area contributed by atoms with Gasteiger partial charge in [-0.3, -0.25) is 14.6 Å². The average molecular weight is 372 g/mol. The molecule has 2 aliphatic heterocycles. The maximum atomic E-state index is 12.3. The van der Waals surface area contributed by atoms with Crippen LogP contribution >= 0.6 is 23.2 Å². The fourth-order valence-corrected chi connectivity index (χ4v) is 3.63. The molecule has 0 atom stereocenters. The zero-order chi connectivity index (χ0) is 16.9. The quantitative estimate of drug-likeness (QED) is 0.810. The van der Waals surface area contributed by atoms with Crippen LogP contribution in [0, 0.1) is 0 Å². The molecule has 0 bridgehead atoms. The molecule has 1 aromatic rings. The van der Waals surface area contributed by atoms with Crippen molar-refractivity contribution in [2.75, 3.05) is 59.0 Å². The molecule has 3 rings (SSSR count). The Balaban J connectivity index is 1.46. The second-order valence-corrected chi connectivity index (χ2v) is 7.06. The molecule has 0 aromatic heterocycles. The molecule has 0 N–H and O–H groups in total. The van der Waals surface area contributed by atoms with Crippen LogP contribution in [-0.4, -0.2) is 79.6 Å². The van der Waals surface area contributed by atoms with Crippen molar-refractivity contribution < 1.29 is 9.53 Å². The Bertz CT molecular complexity index is 551. The molecule has 132 valence electrons. The molecule has 0 radical (unpaired) electrons. The second kappa shape index (κ2) is 8.50. The summed E-state index contributed by atoms with van der Waals surface area (Å²) in [5.41, 5.74) is 0.985. The van der Waals surface area contributed by atoms with Crippen molar-refractivity contribution in [1.29, 1.82) is 0 Å². The van der Waals surface area contributed by atoms with Gasteiger partial charge in [-0.2, -0.15) is 0 Å². The molecule has 2 heterocycles. The van der Waals surface area contributed by atoms with Crippen LogP contribution < -0.4 is 0 Å². The van der Waals surface area contributed by atoms with Gasteiger partial charge in [-0.15, -0.1) is 0 Å². The van der Waals surface area contributed by atoms with Crippen molar-refractivity contribution in [2.24, 2.45) is 0 Å². The lowest BCUT2D eigenvalue weighted by Crippen LogP contribution is -2.51. The van der Waals surface area contributed by atoms with Gasteiger partial charge in [0.15, 0.2) is 0 Å². The molecule has 24 heavy (non-hydrogen) atoms. The summed E-state index contributed by atoms with van der Waals surface area (Å²) in [5, 5.41) is 1.43. The van der Waals surface area contributed by atoms with E-state index in [1.165, 1.54) is 0 Å². The number of hydrogen-bond donors (Lipinski definition) is 0. The van der Waals surface area contributed by atoms with Gasteiger partial charge in [0, 0.05) is 61.4 Å². The highest BCUT2D eigenvalue weighted by molar-refractivity contribution is 6.35. The number of ether oxygens (including phenoxy) is 1. The summed E-state index contributed by atoms with van der Waals surface area (Å²) >= 11 is 12.5. The van der Waals surface area contributed by atoms with Crippen LogP contribution in [-0.2, 0) is 16.1 Å². The number of carbonyl (C=O) groups is 1. The largest absolute Gasteiger partial charge is 0.378 e. The molecule has 2 aliphatic rings. The number of benzene rings is 1. The molecule has 0 unspecified atom stereocenters. The maximum absolute atomic E-state index is 12.3. The standard InChI is InChI=1S/C17H23Cl2N3O2/c18-15-2-1-3-16(19)14(15)12-20-4-6-21(7-5-20)13-17(23)22-8-10-24-11-9-22/h1-3H,4-13H2. The number of carbonyl (C=O) groups excluding carboxylic acids is 1. The Morgan fingerprint density at radius 3 is 2.17 bits per heavy atom. The van der Waals surface area contributed by atoms with E-state index in [1.54, 1.807) is 0 Å². The Kier molecular flexibility index (Phi) is 6.36. The molecule has 1 aromatic carbocycles. The maximum Gasteiger partial charge on any atom is 0.236 e. The molecule has 1 amide bonds. The predicted octanol–water partition coefficient (Wildman–Crippen LogP) is 1.97. The van der Waals surface area contributed by atoms with E-state index in [-0.39, 0.29) is 5.91 Å². The zero-order valence-corrected chi connectivity index (χ0v) is 15.2. The SMILES string of the molecule is O=C(CN1CCN(Cc2c(Cl)cccc2Cl)CC1)N1CCOCC1. The molecule has 0 spiro atoms. The average Bonchev–Trinajstić information content (AvgIpc) is 2.60. The molecular weight excluding hydrogens is 349 g/mol. The van der Waals surface area contributed by atoms with Gasteiger partial charge in [0.2, 0.25) is 5.91 Å². The minimum absolute atomic E-state index is 0.209. The van der Waals surface area contributed by atoms with Gasteiger partial charge in [-0.1, -0.05) is 29.3 Å². The van der Waals surface area contributed by atoms with E-state index in [2.05, 4.69) is 9.80 Å². The van der Waals surface area contributed by atoms with E-state index in [0.717, 1.165) is 38.3 Å². The summed E-state index contributed by atoms with van der Waals surface area (Å²) in [6, 6.07) is 5.61. The Labute approximate surface area is 153 Å². The van der Waals surface area contributed by atoms with Crippen LogP contribution in [0.1, 0.15) is 5.56 Å². The van der Waals surface area contributed by atoms with Crippen LogP contribution in [0.4, 0.5) is 0 Å². The van der Waals surface area contributed by atoms with E-state index < -0.39 is 0 Å². The molecule has 0 saturated carbocycles. The fourth-order valence-electron chi connectivity index (χ4n) is 3.12. The first kappa shape index (κ1) is 18.0. The summed E-state index contributed by atoms with van der Waals surface area (Å²) in [4.78, 5) is 18.8. The monoisotopic (exact) mass is 371 g/mol. The van der Waals surface area contributed by atoms with Crippen molar-refractivity contribution in [2.45, 2.75) is 6.54 Å². The van der Waals surface area contributed by atoms with Crippen molar-refractivity contribution in [3.8, 4) is 0 Å². The number of rotatable bonds is 4. The molecule has 5 nitrogen and oxygen atoms in total. The number of halogens is 2. The van der Waals surface area contributed by atoms with Crippen molar-refractivity contribution in [3.05, 3.63) is 33.8 Å². The third-order valence-electron chi connectivity index (χ3n) is 4.63. The Morgan fingerprint density at radius 2 is 1.54 bits per heavy atom. The van der Waals surface area contributed by atoms with E-state index in [4.69, 9.17) is 27.9 Å². The highest BCUT2D eigenvalue weighted by atomic mass is 35.5. The molecule has 2 saturated heterocycles. The van der Waals surface area contributed by atoms with Crippen molar-refractivity contribution in [1.82, 2.24) is 14.7 Å². The lowest BCUT2D eigenvalue weighted by Gasteiger charge is -2.36. The third-order valence-corrected chi connectivity index (χ3v) is 5.34. The summed E-state index contributed by atoms with van der Waals surface area (Å²) in [6.07, 6.45) is 0. The minimum atomic E-state index is 0.209. The lowest BCUT2D eigenvalue weighted by molar-refractivity contribution is -0.136. The summed E-state index contributed by atoms with van der Waals surface area (Å²) in [7, 11) is 0. The highest BCUT2D eigenvalue weighted by Gasteiger charge is 2.23. The Hall–Kier alpha value is -0.850. The summed E-state index contributed by atoms with van der Waals surface area (Å²) < 4.78 is 5.29. The zero-order valence-electron chi connectivity index (χ0n) is 13.7. The number of morpholine rings is 1. The van der Waals surface area contributed by atoms with Crippen LogP contribution in [0.15, 0.2) is 18.2 Å². The molecule has 2 fully saturated rings. The first-order chi connectivity index (χ1) is 11.6. The van der Waals surface area contributed by atoms with Crippen LogP contribution in [0.3, 0.4) is 0 Å².